The molecule has 1 atom stereocenters. The van der Waals surface area contributed by atoms with E-state index in [1.165, 1.54) is 18.3 Å². The van der Waals surface area contributed by atoms with Crippen molar-refractivity contribution in [3.05, 3.63) is 64.9 Å². The fourth-order valence-corrected chi connectivity index (χ4v) is 1.80. The van der Waals surface area contributed by atoms with Crippen molar-refractivity contribution < 1.29 is 9.18 Å². The summed E-state index contributed by atoms with van der Waals surface area (Å²) in [4.78, 5) is 11.9. The first-order valence-electron chi connectivity index (χ1n) is 6.65. The second-order valence-electron chi connectivity index (χ2n) is 4.66. The Morgan fingerprint density at radius 1 is 1.18 bits per heavy atom. The van der Waals surface area contributed by atoms with Gasteiger partial charge in [0.1, 0.15) is 11.9 Å². The number of benzene rings is 2. The summed E-state index contributed by atoms with van der Waals surface area (Å²) in [5, 5.41) is 7.50. The van der Waals surface area contributed by atoms with Crippen LogP contribution in [0.25, 0.3) is 0 Å². The van der Waals surface area contributed by atoms with Gasteiger partial charge in [0, 0.05) is 10.7 Å². The van der Waals surface area contributed by atoms with Gasteiger partial charge in [-0.25, -0.2) is 9.82 Å². The zero-order valence-corrected chi connectivity index (χ0v) is 12.6. The van der Waals surface area contributed by atoms with Gasteiger partial charge in [-0.15, -0.1) is 0 Å². The highest BCUT2D eigenvalue weighted by Gasteiger charge is 2.11. The highest BCUT2D eigenvalue weighted by molar-refractivity contribution is 6.30. The number of carbonyl (C=O) groups excluding carboxylic acids is 1. The van der Waals surface area contributed by atoms with Crippen LogP contribution in [0.2, 0.25) is 5.02 Å². The lowest BCUT2D eigenvalue weighted by Crippen LogP contribution is -2.34. The van der Waals surface area contributed by atoms with E-state index in [4.69, 9.17) is 11.6 Å². The van der Waals surface area contributed by atoms with Gasteiger partial charge < -0.3 is 5.32 Å². The Bertz CT molecular complexity index is 656. The van der Waals surface area contributed by atoms with E-state index in [1.54, 1.807) is 43.3 Å². The molecule has 0 aliphatic rings. The average Bonchev–Trinajstić information content (AvgIpc) is 2.51. The van der Waals surface area contributed by atoms with Crippen molar-refractivity contribution in [3.8, 4) is 0 Å². The van der Waals surface area contributed by atoms with E-state index in [0.29, 0.717) is 10.6 Å². The zero-order chi connectivity index (χ0) is 15.9. The molecule has 0 bridgehead atoms. The van der Waals surface area contributed by atoms with Crippen LogP contribution in [0.3, 0.4) is 0 Å². The first-order chi connectivity index (χ1) is 10.5. The smallest absolute Gasteiger partial charge is 0.262 e. The number of hydrazone groups is 1. The molecule has 0 heterocycles. The van der Waals surface area contributed by atoms with Gasteiger partial charge in [0.05, 0.1) is 6.21 Å². The molecule has 2 aromatic rings. The third-order valence-corrected chi connectivity index (χ3v) is 3.13. The Morgan fingerprint density at radius 2 is 1.82 bits per heavy atom. The number of hydrogen-bond donors (Lipinski definition) is 2. The lowest BCUT2D eigenvalue weighted by molar-refractivity contribution is -0.121. The third kappa shape index (κ3) is 4.86. The van der Waals surface area contributed by atoms with E-state index < -0.39 is 6.04 Å². The number of amides is 1. The van der Waals surface area contributed by atoms with Gasteiger partial charge in [0.15, 0.2) is 0 Å². The molecular weight excluding hydrogens is 305 g/mol. The molecule has 0 aliphatic heterocycles. The maximum atomic E-state index is 12.7. The van der Waals surface area contributed by atoms with Crippen LogP contribution in [-0.4, -0.2) is 18.2 Å². The number of halogens is 2. The molecule has 2 N–H and O–H groups in total. The van der Waals surface area contributed by atoms with Crippen LogP contribution in [0.15, 0.2) is 53.6 Å². The maximum Gasteiger partial charge on any atom is 0.262 e. The van der Waals surface area contributed by atoms with E-state index in [-0.39, 0.29) is 11.7 Å². The topological polar surface area (TPSA) is 53.5 Å². The molecule has 2 rings (SSSR count). The largest absolute Gasteiger partial charge is 0.374 e. The van der Waals surface area contributed by atoms with Gasteiger partial charge in [-0.2, -0.15) is 5.10 Å². The van der Waals surface area contributed by atoms with Crippen molar-refractivity contribution in [2.24, 2.45) is 5.10 Å². The summed E-state index contributed by atoms with van der Waals surface area (Å²) < 4.78 is 12.7. The summed E-state index contributed by atoms with van der Waals surface area (Å²) in [7, 11) is 0. The molecule has 0 aliphatic carbocycles. The Labute approximate surface area is 133 Å². The predicted molar refractivity (Wildman–Crippen MR) is 86.7 cm³/mol. The highest BCUT2D eigenvalue weighted by atomic mass is 35.5. The Hall–Kier alpha value is -2.40. The van der Waals surface area contributed by atoms with Crippen molar-refractivity contribution in [2.45, 2.75) is 13.0 Å². The molecule has 0 unspecified atom stereocenters. The molecule has 0 radical (unpaired) electrons. The Morgan fingerprint density at radius 3 is 2.45 bits per heavy atom. The van der Waals surface area contributed by atoms with Crippen molar-refractivity contribution in [2.75, 3.05) is 5.32 Å². The van der Waals surface area contributed by atoms with Gasteiger partial charge in [-0.3, -0.25) is 4.79 Å². The summed E-state index contributed by atoms with van der Waals surface area (Å²) in [6.07, 6.45) is 1.45. The second kappa shape index (κ2) is 7.56. The minimum absolute atomic E-state index is 0.284. The molecule has 0 saturated carbocycles. The lowest BCUT2D eigenvalue weighted by Gasteiger charge is -2.13. The summed E-state index contributed by atoms with van der Waals surface area (Å²) in [6.45, 7) is 1.72. The summed E-state index contributed by atoms with van der Waals surface area (Å²) in [6, 6.07) is 12.4. The van der Waals surface area contributed by atoms with Gasteiger partial charge in [0.25, 0.3) is 5.91 Å². The van der Waals surface area contributed by atoms with Crippen LogP contribution in [0, 0.1) is 5.82 Å². The minimum Gasteiger partial charge on any atom is -0.374 e. The van der Waals surface area contributed by atoms with E-state index in [1.807, 2.05) is 0 Å². The van der Waals surface area contributed by atoms with Crippen LogP contribution in [-0.2, 0) is 4.79 Å². The number of rotatable bonds is 5. The first-order valence-corrected chi connectivity index (χ1v) is 7.03. The molecule has 2 aromatic carbocycles. The average molecular weight is 320 g/mol. The van der Waals surface area contributed by atoms with Crippen molar-refractivity contribution in [3.63, 3.8) is 0 Å². The SMILES string of the molecule is C[C@H](Nc1ccc(Cl)cc1)C(=O)N/N=C\c1ccc(F)cc1. The number of hydrogen-bond acceptors (Lipinski definition) is 3. The van der Waals surface area contributed by atoms with Gasteiger partial charge >= 0.3 is 0 Å². The number of anilines is 1. The highest BCUT2D eigenvalue weighted by Crippen LogP contribution is 2.14. The molecule has 0 fully saturated rings. The quantitative estimate of drug-likeness (QED) is 0.655. The number of nitrogens with zero attached hydrogens (tertiary/aromatic N) is 1. The summed E-state index contributed by atoms with van der Waals surface area (Å²) in [5.41, 5.74) is 3.91. The number of nitrogens with one attached hydrogen (secondary N) is 2. The summed E-state index contributed by atoms with van der Waals surface area (Å²) >= 11 is 5.80. The summed E-state index contributed by atoms with van der Waals surface area (Å²) in [5.74, 6) is -0.602. The van der Waals surface area contributed by atoms with Crippen LogP contribution < -0.4 is 10.7 Å². The van der Waals surface area contributed by atoms with E-state index in [2.05, 4.69) is 15.8 Å². The van der Waals surface area contributed by atoms with Crippen LogP contribution in [0.4, 0.5) is 10.1 Å². The van der Waals surface area contributed by atoms with E-state index >= 15 is 0 Å². The molecule has 114 valence electrons. The van der Waals surface area contributed by atoms with Gasteiger partial charge in [0.2, 0.25) is 0 Å². The molecule has 22 heavy (non-hydrogen) atoms. The molecule has 6 heteroatoms. The molecule has 0 spiro atoms. The molecule has 0 aromatic heterocycles. The second-order valence-corrected chi connectivity index (χ2v) is 5.10. The third-order valence-electron chi connectivity index (χ3n) is 2.88. The lowest BCUT2D eigenvalue weighted by atomic mass is 10.2. The monoisotopic (exact) mass is 319 g/mol. The fourth-order valence-electron chi connectivity index (χ4n) is 1.68. The van der Waals surface area contributed by atoms with E-state index in [0.717, 1.165) is 5.69 Å². The van der Waals surface area contributed by atoms with Gasteiger partial charge in [-0.1, -0.05) is 23.7 Å². The van der Waals surface area contributed by atoms with E-state index in [9.17, 15) is 9.18 Å². The molecule has 4 nitrogen and oxygen atoms in total. The Balaban J connectivity index is 1.85. The van der Waals surface area contributed by atoms with Gasteiger partial charge in [-0.05, 0) is 48.9 Å². The molecule has 1 amide bonds. The minimum atomic E-state index is -0.466. The maximum absolute atomic E-state index is 12.7. The van der Waals surface area contributed by atoms with Crippen LogP contribution in [0.5, 0.6) is 0 Å². The first kappa shape index (κ1) is 16.0. The van der Waals surface area contributed by atoms with Crippen LogP contribution >= 0.6 is 11.6 Å². The fraction of sp³-hybridized carbons (Fsp3) is 0.125. The van der Waals surface area contributed by atoms with Crippen LogP contribution in [0.1, 0.15) is 12.5 Å². The van der Waals surface area contributed by atoms with Crippen molar-refractivity contribution >= 4 is 29.4 Å². The zero-order valence-electron chi connectivity index (χ0n) is 11.9. The Kier molecular flexibility index (Phi) is 5.49. The van der Waals surface area contributed by atoms with Crippen molar-refractivity contribution in [1.29, 1.82) is 0 Å². The normalized spacial score (nSPS) is 12.1. The standard InChI is InChI=1S/C16H15ClFN3O/c1-11(20-15-8-4-13(17)5-9-15)16(22)21-19-10-12-2-6-14(18)7-3-12/h2-11,20H,1H3,(H,21,22)/b19-10-/t11-/m0/s1. The molecule has 0 saturated heterocycles. The van der Waals surface area contributed by atoms with Crippen molar-refractivity contribution in [1.82, 2.24) is 5.43 Å². The molecular formula is C16H15ClFN3O. The predicted octanol–water partition coefficient (Wildman–Crippen LogP) is 3.43. The number of carbonyl (C=O) groups is 1.